The van der Waals surface area contributed by atoms with E-state index in [0.29, 0.717) is 17.1 Å². The van der Waals surface area contributed by atoms with E-state index < -0.39 is 22.0 Å². The Bertz CT molecular complexity index is 774. The van der Waals surface area contributed by atoms with Crippen LogP contribution in [0, 0.1) is 19.8 Å². The van der Waals surface area contributed by atoms with Crippen LogP contribution in [-0.4, -0.2) is 30.6 Å². The summed E-state index contributed by atoms with van der Waals surface area (Å²) < 4.78 is 32.9. The molecule has 132 valence electrons. The van der Waals surface area contributed by atoms with Gasteiger partial charge in [0.05, 0.1) is 24.2 Å². The topological polar surface area (TPSA) is 117 Å². The van der Waals surface area contributed by atoms with Gasteiger partial charge in [0.25, 0.3) is 0 Å². The van der Waals surface area contributed by atoms with Gasteiger partial charge in [0, 0.05) is 0 Å². The molecule has 0 aromatic carbocycles. The molecule has 0 bridgehead atoms. The SMILES string of the molecule is Cc1n[nH]c(C)c1S(=O)(=O)N[C@@H](C(=O)NCc1ccco1)C(C)C. The molecule has 24 heavy (non-hydrogen) atoms. The number of aromatic amines is 1. The van der Waals surface area contributed by atoms with Crippen molar-refractivity contribution >= 4 is 15.9 Å². The van der Waals surface area contributed by atoms with E-state index in [1.807, 2.05) is 0 Å². The third-order valence-electron chi connectivity index (χ3n) is 3.58. The second-order valence-electron chi connectivity index (χ2n) is 5.90. The molecule has 2 aromatic heterocycles. The van der Waals surface area contributed by atoms with E-state index in [2.05, 4.69) is 20.2 Å². The number of nitrogens with one attached hydrogen (secondary N) is 3. The Morgan fingerprint density at radius 2 is 2.08 bits per heavy atom. The van der Waals surface area contributed by atoms with E-state index in [9.17, 15) is 13.2 Å². The number of hydrogen-bond donors (Lipinski definition) is 3. The molecule has 0 saturated heterocycles. The first-order valence-electron chi connectivity index (χ1n) is 7.56. The molecule has 8 nitrogen and oxygen atoms in total. The molecule has 2 aromatic rings. The third-order valence-corrected chi connectivity index (χ3v) is 5.28. The van der Waals surface area contributed by atoms with Crippen molar-refractivity contribution in [3.05, 3.63) is 35.5 Å². The smallest absolute Gasteiger partial charge is 0.244 e. The zero-order valence-corrected chi connectivity index (χ0v) is 14.9. The first-order chi connectivity index (χ1) is 11.2. The van der Waals surface area contributed by atoms with Crippen molar-refractivity contribution in [2.24, 2.45) is 5.92 Å². The lowest BCUT2D eigenvalue weighted by Gasteiger charge is -2.21. The maximum Gasteiger partial charge on any atom is 0.244 e. The molecule has 0 saturated carbocycles. The highest BCUT2D eigenvalue weighted by Gasteiger charge is 2.31. The lowest BCUT2D eigenvalue weighted by Crippen LogP contribution is -2.49. The number of aryl methyl sites for hydroxylation is 2. The Morgan fingerprint density at radius 1 is 1.38 bits per heavy atom. The number of hydrogen-bond acceptors (Lipinski definition) is 5. The van der Waals surface area contributed by atoms with Crippen LogP contribution in [0.1, 0.15) is 31.0 Å². The Morgan fingerprint density at radius 3 is 2.58 bits per heavy atom. The van der Waals surface area contributed by atoms with Gasteiger partial charge < -0.3 is 9.73 Å². The molecule has 9 heteroatoms. The number of nitrogens with zero attached hydrogens (tertiary/aromatic N) is 1. The van der Waals surface area contributed by atoms with E-state index in [4.69, 9.17) is 4.42 Å². The first-order valence-corrected chi connectivity index (χ1v) is 9.04. The predicted molar refractivity (Wildman–Crippen MR) is 87.6 cm³/mol. The maximum absolute atomic E-state index is 12.6. The fraction of sp³-hybridized carbons (Fsp3) is 0.467. The molecule has 0 spiro atoms. The molecule has 0 fully saturated rings. The average Bonchev–Trinajstić information content (AvgIpc) is 3.12. The van der Waals surface area contributed by atoms with Crippen molar-refractivity contribution < 1.29 is 17.6 Å². The second kappa shape index (κ2) is 7.18. The van der Waals surface area contributed by atoms with Crippen LogP contribution < -0.4 is 10.0 Å². The summed E-state index contributed by atoms with van der Waals surface area (Å²) in [6, 6.07) is 2.54. The molecule has 1 amide bonds. The van der Waals surface area contributed by atoms with Crippen LogP contribution in [0.4, 0.5) is 0 Å². The number of H-pyrrole nitrogens is 1. The standard InChI is InChI=1S/C15H22N4O4S/c1-9(2)13(15(20)16-8-12-6-5-7-23-12)19-24(21,22)14-10(3)17-18-11(14)4/h5-7,9,13,19H,8H2,1-4H3,(H,16,20)(H,17,18)/t13-/m1/s1. The number of rotatable bonds is 7. The van der Waals surface area contributed by atoms with Crippen molar-refractivity contribution in [1.29, 1.82) is 0 Å². The minimum atomic E-state index is -3.87. The van der Waals surface area contributed by atoms with Gasteiger partial charge in [-0.05, 0) is 31.9 Å². The van der Waals surface area contributed by atoms with Gasteiger partial charge in [-0.2, -0.15) is 9.82 Å². The van der Waals surface area contributed by atoms with Crippen LogP contribution in [0.5, 0.6) is 0 Å². The molecular weight excluding hydrogens is 332 g/mol. The highest BCUT2D eigenvalue weighted by Crippen LogP contribution is 2.18. The lowest BCUT2D eigenvalue weighted by molar-refractivity contribution is -0.123. The summed E-state index contributed by atoms with van der Waals surface area (Å²) in [4.78, 5) is 12.5. The predicted octanol–water partition coefficient (Wildman–Crippen LogP) is 1.24. The molecular formula is C15H22N4O4S. The van der Waals surface area contributed by atoms with Crippen molar-refractivity contribution in [1.82, 2.24) is 20.2 Å². The van der Waals surface area contributed by atoms with Gasteiger partial charge in [-0.1, -0.05) is 13.8 Å². The number of furan rings is 1. The van der Waals surface area contributed by atoms with Crippen LogP contribution >= 0.6 is 0 Å². The fourth-order valence-electron chi connectivity index (χ4n) is 2.35. The summed E-state index contributed by atoms with van der Waals surface area (Å²) in [6.45, 7) is 6.96. The number of aromatic nitrogens is 2. The van der Waals surface area contributed by atoms with Crippen molar-refractivity contribution in [3.8, 4) is 0 Å². The van der Waals surface area contributed by atoms with Crippen molar-refractivity contribution in [2.45, 2.75) is 45.2 Å². The molecule has 0 aliphatic carbocycles. The number of sulfonamides is 1. The number of carbonyl (C=O) groups is 1. The molecule has 3 N–H and O–H groups in total. The van der Waals surface area contributed by atoms with Crippen LogP contribution in [-0.2, 0) is 21.4 Å². The van der Waals surface area contributed by atoms with Crippen molar-refractivity contribution in [2.75, 3.05) is 0 Å². The molecule has 0 radical (unpaired) electrons. The van der Waals surface area contributed by atoms with E-state index in [1.54, 1.807) is 39.8 Å². The van der Waals surface area contributed by atoms with E-state index in [1.165, 1.54) is 6.26 Å². The second-order valence-corrected chi connectivity index (χ2v) is 7.55. The van der Waals surface area contributed by atoms with Crippen LogP contribution in [0.3, 0.4) is 0 Å². The molecule has 0 aliphatic rings. The molecule has 0 unspecified atom stereocenters. The van der Waals surface area contributed by atoms with E-state index >= 15 is 0 Å². The Kier molecular flexibility index (Phi) is 5.45. The zero-order valence-electron chi connectivity index (χ0n) is 14.1. The molecule has 2 heterocycles. The van der Waals surface area contributed by atoms with Gasteiger partial charge in [0.15, 0.2) is 0 Å². The normalized spacial score (nSPS) is 13.2. The summed E-state index contributed by atoms with van der Waals surface area (Å²) in [5, 5.41) is 9.21. The van der Waals surface area contributed by atoms with E-state index in [-0.39, 0.29) is 17.4 Å². The minimum Gasteiger partial charge on any atom is -0.467 e. The Hall–Kier alpha value is -2.13. The third kappa shape index (κ3) is 4.04. The number of amides is 1. The Balaban J connectivity index is 2.14. The van der Waals surface area contributed by atoms with Crippen LogP contribution in [0.15, 0.2) is 27.7 Å². The van der Waals surface area contributed by atoms with Crippen molar-refractivity contribution in [3.63, 3.8) is 0 Å². The van der Waals surface area contributed by atoms with Crippen LogP contribution in [0.2, 0.25) is 0 Å². The fourth-order valence-corrected chi connectivity index (χ4v) is 4.07. The van der Waals surface area contributed by atoms with Gasteiger partial charge >= 0.3 is 0 Å². The largest absolute Gasteiger partial charge is 0.467 e. The number of carbonyl (C=O) groups excluding carboxylic acids is 1. The monoisotopic (exact) mass is 354 g/mol. The minimum absolute atomic E-state index is 0.0759. The maximum atomic E-state index is 12.6. The van der Waals surface area contributed by atoms with E-state index in [0.717, 1.165) is 0 Å². The van der Waals surface area contributed by atoms with Gasteiger partial charge in [-0.3, -0.25) is 9.89 Å². The molecule has 0 aliphatic heterocycles. The molecule has 2 rings (SSSR count). The summed E-state index contributed by atoms with van der Waals surface area (Å²) in [6.07, 6.45) is 1.51. The van der Waals surface area contributed by atoms with Gasteiger partial charge in [0.1, 0.15) is 16.7 Å². The summed E-state index contributed by atoms with van der Waals surface area (Å²) in [5.74, 6) is -0.0529. The highest BCUT2D eigenvalue weighted by atomic mass is 32.2. The summed E-state index contributed by atoms with van der Waals surface area (Å²) >= 11 is 0. The first kappa shape index (κ1) is 18.2. The summed E-state index contributed by atoms with van der Waals surface area (Å²) in [5.41, 5.74) is 0.789. The average molecular weight is 354 g/mol. The quantitative estimate of drug-likeness (QED) is 0.691. The van der Waals surface area contributed by atoms with Crippen LogP contribution in [0.25, 0.3) is 0 Å². The highest BCUT2D eigenvalue weighted by molar-refractivity contribution is 7.89. The lowest BCUT2D eigenvalue weighted by atomic mass is 10.1. The molecule has 1 atom stereocenters. The zero-order chi connectivity index (χ0) is 17.9. The van der Waals surface area contributed by atoms with Gasteiger partial charge in [-0.25, -0.2) is 8.42 Å². The summed E-state index contributed by atoms with van der Waals surface area (Å²) in [7, 11) is -3.87. The Labute approximate surface area is 141 Å². The van der Waals surface area contributed by atoms with Gasteiger partial charge in [-0.15, -0.1) is 0 Å². The van der Waals surface area contributed by atoms with Gasteiger partial charge in [0.2, 0.25) is 15.9 Å².